The van der Waals surface area contributed by atoms with E-state index in [-0.39, 0.29) is 42.0 Å². The Morgan fingerprint density at radius 2 is 1.44 bits per heavy atom. The van der Waals surface area contributed by atoms with Gasteiger partial charge in [-0.25, -0.2) is 0 Å². The third kappa shape index (κ3) is 5.41. The van der Waals surface area contributed by atoms with Crippen molar-refractivity contribution in [2.75, 3.05) is 0 Å². The molecule has 0 heterocycles. The maximum absolute atomic E-state index is 7.19. The Bertz CT molecular complexity index is 77.1. The first-order valence-electron chi connectivity index (χ1n) is 2.96. The van der Waals surface area contributed by atoms with Gasteiger partial charge in [0.05, 0.1) is 0 Å². The van der Waals surface area contributed by atoms with Gasteiger partial charge in [0.15, 0.2) is 0 Å². The monoisotopic (exact) mass is 155 g/mol. The second-order valence-corrected chi connectivity index (χ2v) is 2.16. The summed E-state index contributed by atoms with van der Waals surface area (Å²) in [5.41, 5.74) is 0.964. The Morgan fingerprint density at radius 3 is 1.67 bits per heavy atom. The zero-order valence-electron chi connectivity index (χ0n) is 5.91. The van der Waals surface area contributed by atoms with Crippen LogP contribution in [0, 0.1) is 5.41 Å². The van der Waals surface area contributed by atoms with Crippen molar-refractivity contribution in [3.8, 4) is 0 Å². The van der Waals surface area contributed by atoms with Crippen LogP contribution in [0.1, 0.15) is 32.1 Å². The predicted octanol–water partition coefficient (Wildman–Crippen LogP) is -4.02. The summed E-state index contributed by atoms with van der Waals surface area (Å²) < 4.78 is 0. The zero-order chi connectivity index (χ0) is 5.11. The summed E-state index contributed by atoms with van der Waals surface area (Å²) in [6.45, 7) is 0. The van der Waals surface area contributed by atoms with Crippen molar-refractivity contribution in [1.29, 1.82) is 5.41 Å². The van der Waals surface area contributed by atoms with Gasteiger partial charge in [-0.1, -0.05) is 6.42 Å². The molecule has 9 heavy (non-hydrogen) atoms. The van der Waals surface area contributed by atoms with Gasteiger partial charge in [-0.15, -0.1) is 0 Å². The fourth-order valence-electron chi connectivity index (χ4n) is 0.979. The largest absolute Gasteiger partial charge is 1.00 e. The minimum Gasteiger partial charge on any atom is -1.00 e. The first kappa shape index (κ1) is 12.6. The van der Waals surface area contributed by atoms with E-state index in [1.165, 1.54) is 19.3 Å². The van der Waals surface area contributed by atoms with Gasteiger partial charge < -0.3 is 17.8 Å². The molecule has 0 spiro atoms. The number of halogens is 1. The van der Waals surface area contributed by atoms with Crippen molar-refractivity contribution < 1.29 is 42.0 Å². The van der Waals surface area contributed by atoms with Crippen molar-refractivity contribution in [2.24, 2.45) is 0 Å². The molecule has 0 aromatic carbocycles. The number of hydrogen-bond acceptors (Lipinski definition) is 1. The van der Waals surface area contributed by atoms with Gasteiger partial charge in [-0.2, -0.15) is 0 Å². The summed E-state index contributed by atoms with van der Waals surface area (Å²) >= 11 is 0. The van der Waals surface area contributed by atoms with Gasteiger partial charge in [0.2, 0.25) is 0 Å². The van der Waals surface area contributed by atoms with Crippen molar-refractivity contribution in [3.05, 3.63) is 0 Å². The van der Waals surface area contributed by atoms with Gasteiger partial charge in [-0.3, -0.25) is 0 Å². The van der Waals surface area contributed by atoms with Crippen LogP contribution in [0.15, 0.2) is 0 Å². The van der Waals surface area contributed by atoms with Crippen LogP contribution in [0.25, 0.3) is 0 Å². The maximum atomic E-state index is 7.19. The molecule has 1 N–H and O–H groups in total. The van der Waals surface area contributed by atoms with Crippen LogP contribution in [0.2, 0.25) is 0 Å². The molecule has 0 radical (unpaired) electrons. The molecule has 0 unspecified atom stereocenters. The van der Waals surface area contributed by atoms with Gasteiger partial charge in [0.25, 0.3) is 0 Å². The average Bonchev–Trinajstić information content (AvgIpc) is 1.69. The predicted molar refractivity (Wildman–Crippen MR) is 30.8 cm³/mol. The molecule has 0 bridgehead atoms. The van der Waals surface area contributed by atoms with Gasteiger partial charge >= 0.3 is 29.6 Å². The van der Waals surface area contributed by atoms with E-state index in [1.54, 1.807) is 0 Å². The van der Waals surface area contributed by atoms with E-state index in [2.05, 4.69) is 0 Å². The minimum atomic E-state index is 0. The van der Waals surface area contributed by atoms with Crippen LogP contribution in [0.4, 0.5) is 0 Å². The normalized spacial score (nSPS) is 17.6. The smallest absolute Gasteiger partial charge is 1.00 e. The second-order valence-electron chi connectivity index (χ2n) is 2.16. The van der Waals surface area contributed by atoms with E-state index in [0.717, 1.165) is 18.6 Å². The molecule has 1 aliphatic rings. The molecule has 0 atom stereocenters. The summed E-state index contributed by atoms with van der Waals surface area (Å²) in [6, 6.07) is 0. The summed E-state index contributed by atoms with van der Waals surface area (Å²) in [5.74, 6) is 0. The van der Waals surface area contributed by atoms with Crippen molar-refractivity contribution >= 4 is 5.71 Å². The fraction of sp³-hybridized carbons (Fsp3) is 0.833. The summed E-state index contributed by atoms with van der Waals surface area (Å²) in [7, 11) is 0. The second kappa shape index (κ2) is 7.07. The molecule has 1 rings (SSSR count). The van der Waals surface area contributed by atoms with Crippen LogP contribution in [0.3, 0.4) is 0 Å². The molecule has 48 valence electrons. The van der Waals surface area contributed by atoms with E-state index in [9.17, 15) is 0 Å². The van der Waals surface area contributed by atoms with Crippen molar-refractivity contribution in [3.63, 3.8) is 0 Å². The van der Waals surface area contributed by atoms with Crippen molar-refractivity contribution in [2.45, 2.75) is 32.1 Å². The molecule has 1 nitrogen and oxygen atoms in total. The summed E-state index contributed by atoms with van der Waals surface area (Å²) in [4.78, 5) is 0. The Kier molecular flexibility index (Phi) is 9.92. The van der Waals surface area contributed by atoms with Gasteiger partial charge in [-0.05, 0) is 25.7 Å². The van der Waals surface area contributed by atoms with E-state index in [0.29, 0.717) is 0 Å². The third-order valence-corrected chi connectivity index (χ3v) is 1.46. The molecular weight excluding hydrogens is 145 g/mol. The molecular formula is C6H11ClNNa. The first-order chi connectivity index (χ1) is 3.39. The molecule has 0 saturated heterocycles. The molecule has 1 saturated carbocycles. The first-order valence-corrected chi connectivity index (χ1v) is 2.96. The van der Waals surface area contributed by atoms with Crippen LogP contribution >= 0.6 is 0 Å². The average molecular weight is 156 g/mol. The SMILES string of the molecule is N=C1CCCCC1.[Cl-].[Na+]. The molecule has 0 aliphatic heterocycles. The number of rotatable bonds is 0. The Labute approximate surface area is 84.8 Å². The fourth-order valence-corrected chi connectivity index (χ4v) is 0.979. The zero-order valence-corrected chi connectivity index (χ0v) is 8.67. The number of hydrogen-bond donors (Lipinski definition) is 1. The van der Waals surface area contributed by atoms with E-state index in [4.69, 9.17) is 5.41 Å². The quantitative estimate of drug-likeness (QED) is 0.345. The molecule has 1 fully saturated rings. The van der Waals surface area contributed by atoms with Crippen LogP contribution < -0.4 is 42.0 Å². The maximum Gasteiger partial charge on any atom is 1.00 e. The van der Waals surface area contributed by atoms with Crippen LogP contribution in [-0.2, 0) is 0 Å². The van der Waals surface area contributed by atoms with Crippen LogP contribution in [0.5, 0.6) is 0 Å². The van der Waals surface area contributed by atoms with E-state index in [1.807, 2.05) is 0 Å². The molecule has 3 heteroatoms. The third-order valence-electron chi connectivity index (χ3n) is 1.46. The number of nitrogens with one attached hydrogen (secondary N) is 1. The summed E-state index contributed by atoms with van der Waals surface area (Å²) in [6.07, 6.45) is 6.01. The Balaban J connectivity index is 0. The topological polar surface area (TPSA) is 23.9 Å². The molecule has 0 amide bonds. The molecule has 0 aromatic heterocycles. The van der Waals surface area contributed by atoms with Gasteiger partial charge in [0.1, 0.15) is 0 Å². The Morgan fingerprint density at radius 1 is 1.00 bits per heavy atom. The Hall–Kier alpha value is 0.960. The standard InChI is InChI=1S/C6H11N.ClH.Na/c7-6-4-2-1-3-5-6;;/h7H,1-5H2;1H;/q;;+1/p-1. The molecule has 1 aliphatic carbocycles. The van der Waals surface area contributed by atoms with Gasteiger partial charge in [0, 0.05) is 5.71 Å². The summed E-state index contributed by atoms with van der Waals surface area (Å²) in [5, 5.41) is 7.19. The van der Waals surface area contributed by atoms with Crippen molar-refractivity contribution in [1.82, 2.24) is 0 Å². The van der Waals surface area contributed by atoms with E-state index < -0.39 is 0 Å². The van der Waals surface area contributed by atoms with E-state index >= 15 is 0 Å². The molecule has 0 aromatic rings. The minimum absolute atomic E-state index is 0. The van der Waals surface area contributed by atoms with Crippen LogP contribution in [-0.4, -0.2) is 5.71 Å².